The van der Waals surface area contributed by atoms with Crippen LogP contribution in [0.5, 0.6) is 34.5 Å². The van der Waals surface area contributed by atoms with E-state index in [1.165, 1.54) is 44.6 Å². The highest BCUT2D eigenvalue weighted by atomic mass is 16.7. The molecule has 2 aliphatic heterocycles. The predicted molar refractivity (Wildman–Crippen MR) is 117 cm³/mol. The average molecular weight is 494 g/mol. The Hall–Kier alpha value is -3.42. The summed E-state index contributed by atoms with van der Waals surface area (Å²) in [6.07, 6.45) is -7.32. The van der Waals surface area contributed by atoms with E-state index in [4.69, 9.17) is 23.7 Å². The molecule has 0 aromatic heterocycles. The topological polar surface area (TPSA) is 188 Å². The quantitative estimate of drug-likeness (QED) is 0.269. The number of rotatable bonds is 6. The first-order chi connectivity index (χ1) is 16.7. The molecule has 1 saturated heterocycles. The lowest BCUT2D eigenvalue weighted by Crippen LogP contribution is -2.59. The number of ether oxygens (including phenoxy) is 5. The lowest BCUT2D eigenvalue weighted by Gasteiger charge is -2.41. The number of phenolic OH excluding ortho intramolecular Hbond substituents is 3. The molecule has 6 atom stereocenters. The summed E-state index contributed by atoms with van der Waals surface area (Å²) in [6, 6.07) is 5.27. The van der Waals surface area contributed by atoms with Crippen molar-refractivity contribution in [2.75, 3.05) is 20.8 Å². The SMILES string of the molecule is COc1cc(C2Oc3cc(O)cc(OC)c3C=C2O[C@@H]2O[C@H](CO)[C@@H](O)[C@H](O)[C@H]2O)cc(O)c1O. The van der Waals surface area contributed by atoms with Crippen molar-refractivity contribution in [3.05, 3.63) is 41.2 Å². The highest BCUT2D eigenvalue weighted by Crippen LogP contribution is 2.47. The summed E-state index contributed by atoms with van der Waals surface area (Å²) in [5, 5.41) is 70.4. The summed E-state index contributed by atoms with van der Waals surface area (Å²) in [5.41, 5.74) is 0.622. The van der Waals surface area contributed by atoms with Crippen molar-refractivity contribution < 1.29 is 59.4 Å². The van der Waals surface area contributed by atoms with E-state index in [2.05, 4.69) is 0 Å². The Bertz CT molecular complexity index is 1110. The molecular formula is C23H26O12. The van der Waals surface area contributed by atoms with Gasteiger partial charge in [-0.25, -0.2) is 0 Å². The molecule has 1 fully saturated rings. The van der Waals surface area contributed by atoms with E-state index in [0.29, 0.717) is 5.56 Å². The van der Waals surface area contributed by atoms with Crippen molar-refractivity contribution in [3.8, 4) is 34.5 Å². The van der Waals surface area contributed by atoms with E-state index in [1.807, 2.05) is 0 Å². The molecule has 2 aliphatic rings. The van der Waals surface area contributed by atoms with Gasteiger partial charge < -0.3 is 59.4 Å². The first-order valence-corrected chi connectivity index (χ1v) is 10.5. The highest BCUT2D eigenvalue weighted by Gasteiger charge is 2.46. The largest absolute Gasteiger partial charge is 0.508 e. The first kappa shape index (κ1) is 24.7. The minimum Gasteiger partial charge on any atom is -0.508 e. The number of hydrogen-bond donors (Lipinski definition) is 7. The van der Waals surface area contributed by atoms with Crippen molar-refractivity contribution in [1.82, 2.24) is 0 Å². The molecule has 2 aromatic rings. The van der Waals surface area contributed by atoms with Crippen molar-refractivity contribution in [2.45, 2.75) is 36.8 Å². The Morgan fingerprint density at radius 3 is 2.26 bits per heavy atom. The Balaban J connectivity index is 1.79. The van der Waals surface area contributed by atoms with Gasteiger partial charge in [0, 0.05) is 17.7 Å². The fraction of sp³-hybridized carbons (Fsp3) is 0.391. The van der Waals surface area contributed by atoms with Gasteiger partial charge in [-0.2, -0.15) is 0 Å². The molecule has 0 spiro atoms. The van der Waals surface area contributed by atoms with Crippen LogP contribution in [0.25, 0.3) is 6.08 Å². The number of methoxy groups -OCH3 is 2. The Morgan fingerprint density at radius 1 is 0.886 bits per heavy atom. The van der Waals surface area contributed by atoms with E-state index in [-0.39, 0.29) is 34.3 Å². The summed E-state index contributed by atoms with van der Waals surface area (Å²) in [5.74, 6) is -0.758. The van der Waals surface area contributed by atoms with E-state index < -0.39 is 54.9 Å². The molecule has 4 rings (SSSR count). The first-order valence-electron chi connectivity index (χ1n) is 10.5. The van der Waals surface area contributed by atoms with Crippen LogP contribution in [0.15, 0.2) is 30.0 Å². The number of aliphatic hydroxyl groups is 4. The summed E-state index contributed by atoms with van der Waals surface area (Å²) in [6.45, 7) is -0.650. The molecule has 0 aliphatic carbocycles. The molecular weight excluding hydrogens is 468 g/mol. The number of aromatic hydroxyl groups is 3. The zero-order valence-electron chi connectivity index (χ0n) is 18.7. The zero-order chi connectivity index (χ0) is 25.4. The molecule has 12 heteroatoms. The van der Waals surface area contributed by atoms with Gasteiger partial charge in [-0.05, 0) is 18.2 Å². The van der Waals surface area contributed by atoms with Crippen LogP contribution < -0.4 is 14.2 Å². The van der Waals surface area contributed by atoms with Crippen LogP contribution in [0.4, 0.5) is 0 Å². The van der Waals surface area contributed by atoms with Crippen molar-refractivity contribution in [1.29, 1.82) is 0 Å². The normalized spacial score (nSPS) is 27.9. The zero-order valence-corrected chi connectivity index (χ0v) is 18.7. The molecule has 2 aromatic carbocycles. The maximum Gasteiger partial charge on any atom is 0.228 e. The van der Waals surface area contributed by atoms with Crippen LogP contribution in [0, 0.1) is 0 Å². The van der Waals surface area contributed by atoms with Gasteiger partial charge >= 0.3 is 0 Å². The summed E-state index contributed by atoms with van der Waals surface area (Å²) >= 11 is 0. The third-order valence-electron chi connectivity index (χ3n) is 5.80. The van der Waals surface area contributed by atoms with Crippen LogP contribution in [0.1, 0.15) is 17.2 Å². The minimum atomic E-state index is -1.69. The van der Waals surface area contributed by atoms with E-state index in [0.717, 1.165) is 0 Å². The Kier molecular flexibility index (Phi) is 6.83. The van der Waals surface area contributed by atoms with Crippen molar-refractivity contribution in [3.63, 3.8) is 0 Å². The average Bonchev–Trinajstić information content (AvgIpc) is 2.85. The molecule has 0 radical (unpaired) electrons. The van der Waals surface area contributed by atoms with Gasteiger partial charge in [0.2, 0.25) is 12.0 Å². The molecule has 190 valence electrons. The Labute approximate surface area is 199 Å². The maximum absolute atomic E-state index is 10.4. The molecule has 12 nitrogen and oxygen atoms in total. The fourth-order valence-electron chi connectivity index (χ4n) is 3.95. The summed E-state index contributed by atoms with van der Waals surface area (Å²) in [7, 11) is 2.68. The molecule has 0 amide bonds. The number of phenols is 3. The van der Waals surface area contributed by atoms with Gasteiger partial charge in [0.25, 0.3) is 0 Å². The molecule has 1 unspecified atom stereocenters. The lowest BCUT2D eigenvalue weighted by atomic mass is 9.98. The standard InChI is InChI=1S/C23H26O12/c1-31-13-5-10(25)6-14-11(13)7-16(34-23-21(30)20(29)19(28)17(8-24)35-23)22(33-14)9-3-12(26)18(27)15(4-9)32-2/h3-7,17,19-30H,8H2,1-2H3/t17-,19-,20+,21-,22?,23-/m1/s1. The summed E-state index contributed by atoms with van der Waals surface area (Å²) < 4.78 is 27.8. The molecule has 2 heterocycles. The smallest absolute Gasteiger partial charge is 0.228 e. The second-order valence-electron chi connectivity index (χ2n) is 8.01. The third kappa shape index (κ3) is 4.49. The van der Waals surface area contributed by atoms with Crippen LogP contribution >= 0.6 is 0 Å². The molecule has 0 saturated carbocycles. The number of aliphatic hydroxyl groups excluding tert-OH is 4. The second-order valence-corrected chi connectivity index (χ2v) is 8.01. The number of benzene rings is 2. The van der Waals surface area contributed by atoms with Gasteiger partial charge in [-0.3, -0.25) is 0 Å². The third-order valence-corrected chi connectivity index (χ3v) is 5.80. The number of fused-ring (bicyclic) bond motifs is 1. The van der Waals surface area contributed by atoms with Gasteiger partial charge in [0.1, 0.15) is 47.4 Å². The lowest BCUT2D eigenvalue weighted by molar-refractivity contribution is -0.293. The summed E-state index contributed by atoms with van der Waals surface area (Å²) in [4.78, 5) is 0. The van der Waals surface area contributed by atoms with Gasteiger partial charge in [-0.1, -0.05) is 0 Å². The highest BCUT2D eigenvalue weighted by molar-refractivity contribution is 5.70. The van der Waals surface area contributed by atoms with Gasteiger partial charge in [0.05, 0.1) is 26.4 Å². The van der Waals surface area contributed by atoms with Crippen LogP contribution in [0.3, 0.4) is 0 Å². The molecule has 0 bridgehead atoms. The monoisotopic (exact) mass is 494 g/mol. The van der Waals surface area contributed by atoms with E-state index >= 15 is 0 Å². The fourth-order valence-corrected chi connectivity index (χ4v) is 3.95. The molecule has 7 N–H and O–H groups in total. The minimum absolute atomic E-state index is 0.0120. The second kappa shape index (κ2) is 9.68. The van der Waals surface area contributed by atoms with E-state index in [9.17, 15) is 35.7 Å². The predicted octanol–water partition coefficient (Wildman–Crippen LogP) is 0.112. The van der Waals surface area contributed by atoms with E-state index in [1.54, 1.807) is 0 Å². The van der Waals surface area contributed by atoms with Crippen LogP contribution in [0.2, 0.25) is 0 Å². The van der Waals surface area contributed by atoms with Gasteiger partial charge in [0.15, 0.2) is 17.6 Å². The van der Waals surface area contributed by atoms with Gasteiger partial charge in [-0.15, -0.1) is 0 Å². The van der Waals surface area contributed by atoms with Crippen molar-refractivity contribution >= 4 is 6.08 Å². The van der Waals surface area contributed by atoms with Crippen LogP contribution in [-0.4, -0.2) is 87.3 Å². The van der Waals surface area contributed by atoms with Crippen molar-refractivity contribution in [2.24, 2.45) is 0 Å². The Morgan fingerprint density at radius 2 is 1.60 bits per heavy atom. The maximum atomic E-state index is 10.4. The van der Waals surface area contributed by atoms with Crippen LogP contribution in [-0.2, 0) is 9.47 Å². The molecule has 35 heavy (non-hydrogen) atoms. The number of hydrogen-bond acceptors (Lipinski definition) is 12.